The zero-order chi connectivity index (χ0) is 21.8. The Morgan fingerprint density at radius 2 is 1.81 bits per heavy atom. The Kier molecular flexibility index (Phi) is 5.88. The van der Waals surface area contributed by atoms with Crippen molar-refractivity contribution in [3.8, 4) is 0 Å². The van der Waals surface area contributed by atoms with E-state index in [4.69, 9.17) is 11.6 Å². The summed E-state index contributed by atoms with van der Waals surface area (Å²) in [4.78, 5) is 12.5. The summed E-state index contributed by atoms with van der Waals surface area (Å²) in [5, 5.41) is 11.3. The van der Waals surface area contributed by atoms with Crippen LogP contribution in [0.4, 0.5) is 5.69 Å². The molecular formula is C21H18ClN5O3S. The van der Waals surface area contributed by atoms with Gasteiger partial charge in [0.2, 0.25) is 0 Å². The zero-order valence-electron chi connectivity index (χ0n) is 16.2. The van der Waals surface area contributed by atoms with Crippen LogP contribution in [0.25, 0.3) is 5.65 Å². The maximum absolute atomic E-state index is 12.7. The highest BCUT2D eigenvalue weighted by atomic mass is 35.5. The van der Waals surface area contributed by atoms with Crippen LogP contribution in [-0.2, 0) is 16.4 Å². The number of nitrogens with one attached hydrogen (secondary N) is 2. The summed E-state index contributed by atoms with van der Waals surface area (Å²) in [6, 6.07) is 17.9. The highest BCUT2D eigenvalue weighted by molar-refractivity contribution is 7.92. The van der Waals surface area contributed by atoms with Crippen LogP contribution in [0, 0.1) is 0 Å². The molecule has 0 radical (unpaired) electrons. The number of hydrogen-bond donors (Lipinski definition) is 2. The van der Waals surface area contributed by atoms with Crippen molar-refractivity contribution in [2.75, 3.05) is 11.3 Å². The molecule has 2 N–H and O–H groups in total. The minimum absolute atomic E-state index is 0.0384. The average Bonchev–Trinajstić information content (AvgIpc) is 3.18. The van der Waals surface area contributed by atoms with E-state index in [-0.39, 0.29) is 27.1 Å². The Bertz CT molecular complexity index is 1350. The van der Waals surface area contributed by atoms with Gasteiger partial charge < -0.3 is 5.32 Å². The zero-order valence-corrected chi connectivity index (χ0v) is 17.8. The maximum Gasteiger partial charge on any atom is 0.261 e. The van der Waals surface area contributed by atoms with Gasteiger partial charge in [-0.15, -0.1) is 10.2 Å². The smallest absolute Gasteiger partial charge is 0.261 e. The van der Waals surface area contributed by atoms with Crippen molar-refractivity contribution >= 4 is 38.9 Å². The van der Waals surface area contributed by atoms with Crippen molar-refractivity contribution in [3.05, 3.63) is 89.3 Å². The van der Waals surface area contributed by atoms with Crippen LogP contribution in [0.1, 0.15) is 16.2 Å². The van der Waals surface area contributed by atoms with Crippen LogP contribution >= 0.6 is 11.6 Å². The fraction of sp³-hybridized carbons (Fsp3) is 0.0952. The SMILES string of the molecule is O=C(NCCc1nnc2ccccn12)c1cccc(S(=O)(=O)Nc2ccccc2Cl)c1. The van der Waals surface area contributed by atoms with E-state index in [0.29, 0.717) is 13.0 Å². The standard InChI is InChI=1S/C21H18ClN5O3S/c22-17-8-1-2-9-18(17)26-31(29,30)16-7-5-6-15(14-16)21(28)23-12-11-20-25-24-19-10-3-4-13-27(19)20/h1-10,13-14,26H,11-12H2,(H,23,28). The number of sulfonamides is 1. The number of benzene rings is 2. The fourth-order valence-electron chi connectivity index (χ4n) is 3.00. The van der Waals surface area contributed by atoms with E-state index < -0.39 is 10.0 Å². The molecule has 31 heavy (non-hydrogen) atoms. The van der Waals surface area contributed by atoms with E-state index in [1.54, 1.807) is 30.3 Å². The third kappa shape index (κ3) is 4.68. The summed E-state index contributed by atoms with van der Waals surface area (Å²) in [5.74, 6) is 0.333. The molecule has 0 saturated heterocycles. The molecule has 4 rings (SSSR count). The molecule has 158 valence electrons. The lowest BCUT2D eigenvalue weighted by molar-refractivity contribution is 0.0953. The van der Waals surface area contributed by atoms with E-state index in [9.17, 15) is 13.2 Å². The van der Waals surface area contributed by atoms with Gasteiger partial charge in [-0.05, 0) is 42.5 Å². The Labute approximate surface area is 183 Å². The van der Waals surface area contributed by atoms with Gasteiger partial charge >= 0.3 is 0 Å². The largest absolute Gasteiger partial charge is 0.352 e. The molecule has 10 heteroatoms. The summed E-state index contributed by atoms with van der Waals surface area (Å²) >= 11 is 6.03. The minimum Gasteiger partial charge on any atom is -0.352 e. The van der Waals surface area contributed by atoms with Gasteiger partial charge in [0.25, 0.3) is 15.9 Å². The topological polar surface area (TPSA) is 105 Å². The number of carbonyl (C=O) groups excluding carboxylic acids is 1. The number of pyridine rings is 1. The second kappa shape index (κ2) is 8.75. The van der Waals surface area contributed by atoms with E-state index in [1.165, 1.54) is 18.2 Å². The van der Waals surface area contributed by atoms with Gasteiger partial charge in [0.1, 0.15) is 5.82 Å². The van der Waals surface area contributed by atoms with E-state index in [0.717, 1.165) is 11.5 Å². The monoisotopic (exact) mass is 455 g/mol. The van der Waals surface area contributed by atoms with Gasteiger partial charge in [0.15, 0.2) is 5.65 Å². The summed E-state index contributed by atoms with van der Waals surface area (Å²) in [6.07, 6.45) is 2.33. The van der Waals surface area contributed by atoms with Crippen molar-refractivity contribution in [2.45, 2.75) is 11.3 Å². The van der Waals surface area contributed by atoms with Gasteiger partial charge in [-0.25, -0.2) is 8.42 Å². The van der Waals surface area contributed by atoms with E-state index in [1.807, 2.05) is 28.8 Å². The lowest BCUT2D eigenvalue weighted by Gasteiger charge is -2.11. The van der Waals surface area contributed by atoms with Crippen molar-refractivity contribution in [1.29, 1.82) is 0 Å². The molecule has 0 aliphatic rings. The van der Waals surface area contributed by atoms with Crippen molar-refractivity contribution < 1.29 is 13.2 Å². The molecule has 4 aromatic rings. The Hall–Kier alpha value is -3.43. The second-order valence-electron chi connectivity index (χ2n) is 6.66. The number of rotatable bonds is 7. The fourth-order valence-corrected chi connectivity index (χ4v) is 4.37. The van der Waals surface area contributed by atoms with Crippen LogP contribution in [0.5, 0.6) is 0 Å². The van der Waals surface area contributed by atoms with E-state index >= 15 is 0 Å². The van der Waals surface area contributed by atoms with Gasteiger partial charge in [-0.2, -0.15) is 0 Å². The lowest BCUT2D eigenvalue weighted by atomic mass is 10.2. The number of nitrogens with zero attached hydrogens (tertiary/aromatic N) is 3. The average molecular weight is 456 g/mol. The lowest BCUT2D eigenvalue weighted by Crippen LogP contribution is -2.26. The molecule has 0 spiro atoms. The van der Waals surface area contributed by atoms with Crippen molar-refractivity contribution in [2.24, 2.45) is 0 Å². The molecule has 8 nitrogen and oxygen atoms in total. The third-order valence-corrected chi connectivity index (χ3v) is 6.24. The number of fused-ring (bicyclic) bond motifs is 1. The van der Waals surface area contributed by atoms with Crippen LogP contribution in [-0.4, -0.2) is 35.5 Å². The maximum atomic E-state index is 12.7. The first-order chi connectivity index (χ1) is 14.9. The van der Waals surface area contributed by atoms with Gasteiger partial charge in [-0.1, -0.05) is 35.9 Å². The minimum atomic E-state index is -3.91. The molecular weight excluding hydrogens is 438 g/mol. The van der Waals surface area contributed by atoms with Crippen LogP contribution < -0.4 is 10.0 Å². The number of hydrogen-bond acceptors (Lipinski definition) is 5. The Balaban J connectivity index is 1.43. The quantitative estimate of drug-likeness (QED) is 0.445. The summed E-state index contributed by atoms with van der Waals surface area (Å²) < 4.78 is 29.7. The molecule has 0 atom stereocenters. The van der Waals surface area contributed by atoms with Crippen molar-refractivity contribution in [3.63, 3.8) is 0 Å². The molecule has 1 amide bonds. The molecule has 0 aliphatic heterocycles. The molecule has 0 aliphatic carbocycles. The van der Waals surface area contributed by atoms with Crippen LogP contribution in [0.15, 0.2) is 77.8 Å². The number of halogens is 1. The molecule has 2 aromatic carbocycles. The second-order valence-corrected chi connectivity index (χ2v) is 8.75. The molecule has 0 unspecified atom stereocenters. The number of anilines is 1. The summed E-state index contributed by atoms with van der Waals surface area (Å²) in [7, 11) is -3.91. The molecule has 0 saturated carbocycles. The normalized spacial score (nSPS) is 11.4. The van der Waals surface area contributed by atoms with Gasteiger partial charge in [0, 0.05) is 24.7 Å². The first kappa shape index (κ1) is 20.8. The molecule has 0 fully saturated rings. The third-order valence-electron chi connectivity index (χ3n) is 4.54. The number of para-hydroxylation sites is 1. The van der Waals surface area contributed by atoms with Crippen molar-refractivity contribution in [1.82, 2.24) is 19.9 Å². The number of amides is 1. The Morgan fingerprint density at radius 3 is 2.65 bits per heavy atom. The highest BCUT2D eigenvalue weighted by Crippen LogP contribution is 2.24. The van der Waals surface area contributed by atoms with E-state index in [2.05, 4.69) is 20.2 Å². The van der Waals surface area contributed by atoms with Crippen LogP contribution in [0.2, 0.25) is 5.02 Å². The summed E-state index contributed by atoms with van der Waals surface area (Å²) in [5.41, 5.74) is 1.22. The first-order valence-electron chi connectivity index (χ1n) is 9.38. The van der Waals surface area contributed by atoms with Crippen LogP contribution in [0.3, 0.4) is 0 Å². The number of aromatic nitrogens is 3. The summed E-state index contributed by atoms with van der Waals surface area (Å²) in [6.45, 7) is 0.323. The molecule has 0 bridgehead atoms. The van der Waals surface area contributed by atoms with Gasteiger partial charge in [0.05, 0.1) is 15.6 Å². The first-order valence-corrected chi connectivity index (χ1v) is 11.2. The number of carbonyl (C=O) groups is 1. The Morgan fingerprint density at radius 1 is 1.00 bits per heavy atom. The molecule has 2 aromatic heterocycles. The molecule has 2 heterocycles. The predicted molar refractivity (Wildman–Crippen MR) is 118 cm³/mol. The highest BCUT2D eigenvalue weighted by Gasteiger charge is 2.17. The predicted octanol–water partition coefficient (Wildman–Crippen LogP) is 3.16. The van der Waals surface area contributed by atoms with Gasteiger partial charge in [-0.3, -0.25) is 13.9 Å².